The molecule has 0 bridgehead atoms. The van der Waals surface area contributed by atoms with E-state index in [0.29, 0.717) is 11.3 Å². The van der Waals surface area contributed by atoms with Crippen molar-refractivity contribution in [2.45, 2.75) is 32.7 Å². The third kappa shape index (κ3) is 6.16. The van der Waals surface area contributed by atoms with E-state index < -0.39 is 11.8 Å². The van der Waals surface area contributed by atoms with Gasteiger partial charge >= 0.3 is 11.8 Å². The molecule has 0 radical (unpaired) electrons. The van der Waals surface area contributed by atoms with E-state index >= 15 is 0 Å². The van der Waals surface area contributed by atoms with Crippen LogP contribution >= 0.6 is 0 Å². The number of aryl methyl sites for hydroxylation is 2. The first-order valence-corrected chi connectivity index (χ1v) is 9.65. The maximum Gasteiger partial charge on any atom is 0.329 e. The Hall–Kier alpha value is -3.68. The molecule has 1 saturated carbocycles. The van der Waals surface area contributed by atoms with Gasteiger partial charge in [-0.25, -0.2) is 5.43 Å². The number of carbonyl (C=O) groups excluding carboxylic acids is 3. The van der Waals surface area contributed by atoms with Gasteiger partial charge in [0.15, 0.2) is 6.61 Å². The van der Waals surface area contributed by atoms with Crippen LogP contribution < -0.4 is 20.8 Å². The lowest BCUT2D eigenvalue weighted by Gasteiger charge is -2.11. The second kappa shape index (κ2) is 9.69. The van der Waals surface area contributed by atoms with Gasteiger partial charge < -0.3 is 15.4 Å². The molecule has 3 rings (SSSR count). The second-order valence-electron chi connectivity index (χ2n) is 7.14. The summed E-state index contributed by atoms with van der Waals surface area (Å²) >= 11 is 0. The maximum absolute atomic E-state index is 12.3. The van der Waals surface area contributed by atoms with Gasteiger partial charge in [-0.05, 0) is 56.0 Å². The van der Waals surface area contributed by atoms with Gasteiger partial charge in [0.25, 0.3) is 5.91 Å². The van der Waals surface area contributed by atoms with Crippen molar-refractivity contribution in [2.24, 2.45) is 5.10 Å². The average molecular weight is 408 g/mol. The van der Waals surface area contributed by atoms with Crippen LogP contribution in [-0.4, -0.2) is 36.6 Å². The molecule has 3 N–H and O–H groups in total. The molecular formula is C22H24N4O4. The molecule has 2 aromatic carbocycles. The van der Waals surface area contributed by atoms with Crippen molar-refractivity contribution in [3.63, 3.8) is 0 Å². The third-order valence-corrected chi connectivity index (χ3v) is 4.43. The summed E-state index contributed by atoms with van der Waals surface area (Å²) in [6, 6.07) is 12.9. The summed E-state index contributed by atoms with van der Waals surface area (Å²) in [4.78, 5) is 35.6. The SMILES string of the molecule is Cc1ccc(C)c(NC(=O)COc2ccccc2/C=N\NC(=O)C(=O)NC2CC2)c1. The Balaban J connectivity index is 1.54. The smallest absolute Gasteiger partial charge is 0.329 e. The molecule has 0 aromatic heterocycles. The van der Waals surface area contributed by atoms with Gasteiger partial charge in [-0.2, -0.15) is 5.10 Å². The predicted molar refractivity (Wildman–Crippen MR) is 113 cm³/mol. The number of amides is 3. The monoisotopic (exact) mass is 408 g/mol. The minimum absolute atomic E-state index is 0.0936. The van der Waals surface area contributed by atoms with E-state index in [-0.39, 0.29) is 18.6 Å². The van der Waals surface area contributed by atoms with Crippen LogP contribution in [0, 0.1) is 13.8 Å². The fraction of sp³-hybridized carbons (Fsp3) is 0.273. The Morgan fingerprint density at radius 1 is 1.10 bits per heavy atom. The molecule has 2 aromatic rings. The quantitative estimate of drug-likeness (QED) is 0.370. The number of hydrogen-bond donors (Lipinski definition) is 3. The molecule has 1 aliphatic carbocycles. The first-order chi connectivity index (χ1) is 14.4. The topological polar surface area (TPSA) is 109 Å². The van der Waals surface area contributed by atoms with Crippen LogP contribution in [0.1, 0.15) is 29.5 Å². The molecule has 3 amide bonds. The fourth-order valence-electron chi connectivity index (χ4n) is 2.61. The van der Waals surface area contributed by atoms with E-state index in [9.17, 15) is 14.4 Å². The lowest BCUT2D eigenvalue weighted by molar-refractivity contribution is -0.139. The highest BCUT2D eigenvalue weighted by Crippen LogP contribution is 2.19. The number of hydrogen-bond acceptors (Lipinski definition) is 5. The van der Waals surface area contributed by atoms with E-state index in [0.717, 1.165) is 29.7 Å². The molecule has 0 spiro atoms. The van der Waals surface area contributed by atoms with Crippen molar-refractivity contribution < 1.29 is 19.1 Å². The van der Waals surface area contributed by atoms with Crippen LogP contribution in [0.25, 0.3) is 0 Å². The molecule has 0 atom stereocenters. The largest absolute Gasteiger partial charge is 0.483 e. The maximum atomic E-state index is 12.3. The summed E-state index contributed by atoms with van der Waals surface area (Å²) in [5.41, 5.74) is 5.49. The van der Waals surface area contributed by atoms with Crippen LogP contribution in [0.4, 0.5) is 5.69 Å². The van der Waals surface area contributed by atoms with Gasteiger partial charge in [0.1, 0.15) is 5.75 Å². The molecule has 30 heavy (non-hydrogen) atoms. The molecule has 1 fully saturated rings. The molecular weight excluding hydrogens is 384 g/mol. The zero-order valence-electron chi connectivity index (χ0n) is 16.9. The molecule has 0 unspecified atom stereocenters. The predicted octanol–water partition coefficient (Wildman–Crippen LogP) is 2.05. The van der Waals surface area contributed by atoms with Gasteiger partial charge in [-0.3, -0.25) is 14.4 Å². The van der Waals surface area contributed by atoms with Crippen molar-refractivity contribution in [1.29, 1.82) is 0 Å². The Morgan fingerprint density at radius 2 is 1.87 bits per heavy atom. The molecule has 1 aliphatic rings. The number of carbonyl (C=O) groups is 3. The number of nitrogens with zero attached hydrogens (tertiary/aromatic N) is 1. The van der Waals surface area contributed by atoms with Crippen LogP contribution in [0.15, 0.2) is 47.6 Å². The summed E-state index contributed by atoms with van der Waals surface area (Å²) < 4.78 is 5.61. The molecule has 0 aliphatic heterocycles. The highest BCUT2D eigenvalue weighted by Gasteiger charge is 2.26. The Labute approximate surface area is 174 Å². The number of nitrogens with one attached hydrogen (secondary N) is 3. The molecule has 8 heteroatoms. The van der Waals surface area contributed by atoms with Crippen molar-refractivity contribution in [2.75, 3.05) is 11.9 Å². The summed E-state index contributed by atoms with van der Waals surface area (Å²) in [6.45, 7) is 3.69. The fourth-order valence-corrected chi connectivity index (χ4v) is 2.61. The third-order valence-electron chi connectivity index (χ3n) is 4.43. The van der Waals surface area contributed by atoms with Gasteiger partial charge in [-0.1, -0.05) is 24.3 Å². The van der Waals surface area contributed by atoms with Crippen LogP contribution in [0.5, 0.6) is 5.75 Å². The van der Waals surface area contributed by atoms with Crippen LogP contribution in [0.3, 0.4) is 0 Å². The minimum atomic E-state index is -0.829. The lowest BCUT2D eigenvalue weighted by atomic mass is 10.1. The lowest BCUT2D eigenvalue weighted by Crippen LogP contribution is -2.38. The second-order valence-corrected chi connectivity index (χ2v) is 7.14. The first-order valence-electron chi connectivity index (χ1n) is 9.65. The van der Waals surface area contributed by atoms with Crippen molar-refractivity contribution in [1.82, 2.24) is 10.7 Å². The standard InChI is InChI=1S/C22H24N4O4/c1-14-7-8-15(2)18(11-14)25-20(27)13-30-19-6-4-3-5-16(19)12-23-26-22(29)21(28)24-17-9-10-17/h3-8,11-12,17H,9-10,13H2,1-2H3,(H,24,28)(H,25,27)(H,26,29)/b23-12-. The summed E-state index contributed by atoms with van der Waals surface area (Å²) in [7, 11) is 0. The van der Waals surface area contributed by atoms with Gasteiger partial charge in [0, 0.05) is 17.3 Å². The number of rotatable bonds is 7. The Bertz CT molecular complexity index is 983. The van der Waals surface area contributed by atoms with Gasteiger partial charge in [-0.15, -0.1) is 0 Å². The van der Waals surface area contributed by atoms with Crippen LogP contribution in [-0.2, 0) is 14.4 Å². The molecule has 0 heterocycles. The summed E-state index contributed by atoms with van der Waals surface area (Å²) in [6.07, 6.45) is 3.15. The van der Waals surface area contributed by atoms with Crippen molar-refractivity contribution >= 4 is 29.6 Å². The number of ether oxygens (including phenoxy) is 1. The van der Waals surface area contributed by atoms with E-state index in [2.05, 4.69) is 21.2 Å². The first kappa shape index (κ1) is 21.0. The van der Waals surface area contributed by atoms with Gasteiger partial charge in [0.2, 0.25) is 0 Å². The van der Waals surface area contributed by atoms with Crippen molar-refractivity contribution in [3.8, 4) is 5.75 Å². The average Bonchev–Trinajstić information content (AvgIpc) is 3.54. The normalized spacial score (nSPS) is 13.0. The number of hydrazone groups is 1. The molecule has 0 saturated heterocycles. The van der Waals surface area contributed by atoms with E-state index in [1.807, 2.05) is 32.0 Å². The van der Waals surface area contributed by atoms with Crippen LogP contribution in [0.2, 0.25) is 0 Å². The summed E-state index contributed by atoms with van der Waals surface area (Å²) in [5.74, 6) is -1.40. The summed E-state index contributed by atoms with van der Waals surface area (Å²) in [5, 5.41) is 9.21. The van der Waals surface area contributed by atoms with Crippen molar-refractivity contribution in [3.05, 3.63) is 59.2 Å². The molecule has 8 nitrogen and oxygen atoms in total. The zero-order chi connectivity index (χ0) is 21.5. The molecule has 156 valence electrons. The number of anilines is 1. The highest BCUT2D eigenvalue weighted by atomic mass is 16.5. The van der Waals surface area contributed by atoms with Gasteiger partial charge in [0.05, 0.1) is 6.21 Å². The Kier molecular flexibility index (Phi) is 6.79. The minimum Gasteiger partial charge on any atom is -0.483 e. The van der Waals surface area contributed by atoms with E-state index in [1.54, 1.807) is 24.3 Å². The number of benzene rings is 2. The zero-order valence-corrected chi connectivity index (χ0v) is 16.9. The highest BCUT2D eigenvalue weighted by molar-refractivity contribution is 6.35. The van der Waals surface area contributed by atoms with E-state index in [4.69, 9.17) is 4.74 Å². The van der Waals surface area contributed by atoms with E-state index in [1.165, 1.54) is 6.21 Å². The Morgan fingerprint density at radius 3 is 2.63 bits per heavy atom. The number of para-hydroxylation sites is 1.